The van der Waals surface area contributed by atoms with E-state index in [9.17, 15) is 10.0 Å². The van der Waals surface area contributed by atoms with Gasteiger partial charge in [-0.3, -0.25) is 4.90 Å². The van der Waals surface area contributed by atoms with Crippen LogP contribution in [0.2, 0.25) is 5.02 Å². The molecule has 1 aromatic carbocycles. The average molecular weight is 297 g/mol. The third kappa shape index (κ3) is 3.47. The number of nitrogens with zero attached hydrogens (tertiary/aromatic N) is 2. The van der Waals surface area contributed by atoms with E-state index < -0.39 is 7.12 Å². The Morgan fingerprint density at radius 3 is 2.20 bits per heavy atom. The van der Waals surface area contributed by atoms with E-state index in [4.69, 9.17) is 11.6 Å². The first kappa shape index (κ1) is 15.6. The minimum atomic E-state index is -1.46. The third-order valence-corrected chi connectivity index (χ3v) is 4.16. The quantitative estimate of drug-likeness (QED) is 0.798. The largest absolute Gasteiger partial charge is 0.488 e. The van der Waals surface area contributed by atoms with Gasteiger partial charge in [-0.05, 0) is 38.4 Å². The van der Waals surface area contributed by atoms with Crippen LogP contribution in [0.4, 0.5) is 5.69 Å². The third-order valence-electron chi connectivity index (χ3n) is 3.84. The topological polar surface area (TPSA) is 46.9 Å². The lowest BCUT2D eigenvalue weighted by molar-refractivity contribution is 0.128. The zero-order valence-corrected chi connectivity index (χ0v) is 13.1. The van der Waals surface area contributed by atoms with Crippen molar-refractivity contribution in [1.29, 1.82) is 0 Å². The van der Waals surface area contributed by atoms with E-state index in [1.165, 1.54) is 0 Å². The van der Waals surface area contributed by atoms with Gasteiger partial charge in [-0.2, -0.15) is 0 Å². The van der Waals surface area contributed by atoms with E-state index in [-0.39, 0.29) is 5.54 Å². The van der Waals surface area contributed by atoms with Crippen molar-refractivity contribution in [1.82, 2.24) is 4.90 Å². The van der Waals surface area contributed by atoms with Crippen molar-refractivity contribution in [3.63, 3.8) is 0 Å². The molecule has 20 heavy (non-hydrogen) atoms. The van der Waals surface area contributed by atoms with Crippen LogP contribution in [-0.2, 0) is 0 Å². The second kappa shape index (κ2) is 5.94. The first-order valence-electron chi connectivity index (χ1n) is 6.94. The summed E-state index contributed by atoms with van der Waals surface area (Å²) in [6.45, 7) is 10.4. The fraction of sp³-hybridized carbons (Fsp3) is 0.571. The maximum Gasteiger partial charge on any atom is 0.488 e. The summed E-state index contributed by atoms with van der Waals surface area (Å²) in [7, 11) is -1.46. The number of hydrogen-bond acceptors (Lipinski definition) is 4. The Kier molecular flexibility index (Phi) is 4.64. The second-order valence-corrected chi connectivity index (χ2v) is 6.64. The summed E-state index contributed by atoms with van der Waals surface area (Å²) < 4.78 is 0. The first-order chi connectivity index (χ1) is 9.29. The highest BCUT2D eigenvalue weighted by atomic mass is 35.5. The molecular formula is C14H22BClN2O2. The summed E-state index contributed by atoms with van der Waals surface area (Å²) in [5.41, 5.74) is 1.53. The summed E-state index contributed by atoms with van der Waals surface area (Å²) in [5.74, 6) is 0. The molecule has 6 heteroatoms. The molecule has 1 aliphatic rings. The predicted molar refractivity (Wildman–Crippen MR) is 84.8 cm³/mol. The van der Waals surface area contributed by atoms with E-state index in [0.29, 0.717) is 10.5 Å². The summed E-state index contributed by atoms with van der Waals surface area (Å²) in [5, 5.41) is 19.2. The van der Waals surface area contributed by atoms with Crippen LogP contribution in [0, 0.1) is 0 Å². The summed E-state index contributed by atoms with van der Waals surface area (Å²) in [6, 6.07) is 5.13. The zero-order valence-electron chi connectivity index (χ0n) is 12.3. The monoisotopic (exact) mass is 296 g/mol. The van der Waals surface area contributed by atoms with Crippen LogP contribution >= 0.6 is 11.6 Å². The van der Waals surface area contributed by atoms with Gasteiger partial charge in [0.15, 0.2) is 0 Å². The van der Waals surface area contributed by atoms with Crippen molar-refractivity contribution in [3.8, 4) is 0 Å². The molecule has 0 amide bonds. The van der Waals surface area contributed by atoms with Crippen molar-refractivity contribution < 1.29 is 10.0 Å². The molecule has 1 aromatic rings. The Morgan fingerprint density at radius 2 is 1.70 bits per heavy atom. The van der Waals surface area contributed by atoms with Crippen molar-refractivity contribution in [2.75, 3.05) is 31.1 Å². The van der Waals surface area contributed by atoms with Gasteiger partial charge in [-0.1, -0.05) is 17.7 Å². The molecule has 2 N–H and O–H groups in total. The van der Waals surface area contributed by atoms with Gasteiger partial charge < -0.3 is 14.9 Å². The van der Waals surface area contributed by atoms with Crippen molar-refractivity contribution in [2.45, 2.75) is 26.3 Å². The van der Waals surface area contributed by atoms with Gasteiger partial charge in [0.05, 0.1) is 10.7 Å². The van der Waals surface area contributed by atoms with E-state index in [2.05, 4.69) is 30.6 Å². The lowest BCUT2D eigenvalue weighted by atomic mass is 9.80. The number of anilines is 1. The number of halogens is 1. The van der Waals surface area contributed by atoms with E-state index >= 15 is 0 Å². The summed E-state index contributed by atoms with van der Waals surface area (Å²) >= 11 is 6.24. The first-order valence-corrected chi connectivity index (χ1v) is 7.32. The van der Waals surface area contributed by atoms with Crippen LogP contribution in [0.15, 0.2) is 18.2 Å². The Bertz CT molecular complexity index is 469. The fourth-order valence-corrected chi connectivity index (χ4v) is 2.79. The van der Waals surface area contributed by atoms with Gasteiger partial charge in [0.2, 0.25) is 0 Å². The van der Waals surface area contributed by atoms with Gasteiger partial charge in [0.25, 0.3) is 0 Å². The Labute approximate surface area is 126 Å². The molecule has 0 aliphatic carbocycles. The molecule has 0 unspecified atom stereocenters. The SMILES string of the molecule is CC(C)(C)N1CCN(c2cc(B(O)O)ccc2Cl)CC1. The van der Waals surface area contributed by atoms with Gasteiger partial charge in [0, 0.05) is 31.7 Å². The van der Waals surface area contributed by atoms with Gasteiger partial charge in [0.1, 0.15) is 0 Å². The van der Waals surface area contributed by atoms with Crippen molar-refractivity contribution in [3.05, 3.63) is 23.2 Å². The van der Waals surface area contributed by atoms with Gasteiger partial charge in [-0.25, -0.2) is 0 Å². The molecule has 0 bridgehead atoms. The minimum absolute atomic E-state index is 0.180. The van der Waals surface area contributed by atoms with Crippen LogP contribution < -0.4 is 10.4 Å². The lowest BCUT2D eigenvalue weighted by Crippen LogP contribution is -2.53. The maximum atomic E-state index is 9.27. The maximum absolute atomic E-state index is 9.27. The molecule has 0 aromatic heterocycles. The zero-order chi connectivity index (χ0) is 14.9. The molecule has 1 heterocycles. The molecule has 1 saturated heterocycles. The molecule has 0 atom stereocenters. The Balaban J connectivity index is 2.12. The van der Waals surface area contributed by atoms with Crippen molar-refractivity contribution >= 4 is 29.9 Å². The molecule has 1 aliphatic heterocycles. The molecule has 110 valence electrons. The van der Waals surface area contributed by atoms with Crippen LogP contribution in [0.1, 0.15) is 20.8 Å². The molecule has 4 nitrogen and oxygen atoms in total. The highest BCUT2D eigenvalue weighted by Gasteiger charge is 2.27. The number of rotatable bonds is 2. The van der Waals surface area contributed by atoms with Crippen molar-refractivity contribution in [2.24, 2.45) is 0 Å². The smallest absolute Gasteiger partial charge is 0.423 e. The highest BCUT2D eigenvalue weighted by Crippen LogP contribution is 2.26. The average Bonchev–Trinajstić information content (AvgIpc) is 2.38. The molecule has 0 spiro atoms. The second-order valence-electron chi connectivity index (χ2n) is 6.23. The van der Waals surface area contributed by atoms with E-state index in [1.54, 1.807) is 18.2 Å². The van der Waals surface area contributed by atoms with Gasteiger partial charge >= 0.3 is 7.12 Å². The van der Waals surface area contributed by atoms with Crippen LogP contribution in [0.25, 0.3) is 0 Å². The summed E-state index contributed by atoms with van der Waals surface area (Å²) in [6.07, 6.45) is 0. The number of hydrogen-bond donors (Lipinski definition) is 2. The fourth-order valence-electron chi connectivity index (χ4n) is 2.55. The molecular weight excluding hydrogens is 274 g/mol. The number of benzene rings is 1. The Hall–Kier alpha value is -0.745. The van der Waals surface area contributed by atoms with Crippen LogP contribution in [-0.4, -0.2) is 53.8 Å². The highest BCUT2D eigenvalue weighted by molar-refractivity contribution is 6.58. The van der Waals surface area contributed by atoms with Gasteiger partial charge in [-0.15, -0.1) is 0 Å². The molecule has 1 fully saturated rings. The van der Waals surface area contributed by atoms with E-state index in [1.807, 2.05) is 0 Å². The van der Waals surface area contributed by atoms with E-state index in [0.717, 1.165) is 31.9 Å². The standard InChI is InChI=1S/C14H22BClN2O2/c1-14(2,3)18-8-6-17(7-9-18)13-10-11(15(19)20)4-5-12(13)16/h4-5,10,19-20H,6-9H2,1-3H3. The number of piperazine rings is 1. The summed E-state index contributed by atoms with van der Waals surface area (Å²) in [4.78, 5) is 4.65. The minimum Gasteiger partial charge on any atom is -0.423 e. The molecule has 2 rings (SSSR count). The predicted octanol–water partition coefficient (Wildman–Crippen LogP) is 0.940. The van der Waals surface area contributed by atoms with Crippen LogP contribution in [0.3, 0.4) is 0 Å². The molecule has 0 radical (unpaired) electrons. The van der Waals surface area contributed by atoms with Crippen LogP contribution in [0.5, 0.6) is 0 Å². The normalized spacial score (nSPS) is 17.4. The Morgan fingerprint density at radius 1 is 1.10 bits per heavy atom. The molecule has 0 saturated carbocycles. The lowest BCUT2D eigenvalue weighted by Gasteiger charge is -2.43.